The van der Waals surface area contributed by atoms with E-state index >= 15 is 0 Å². The summed E-state index contributed by atoms with van der Waals surface area (Å²) in [6.45, 7) is 1.74. The second-order valence-electron chi connectivity index (χ2n) is 3.28. The van der Waals surface area contributed by atoms with Gasteiger partial charge in [0.25, 0.3) is 0 Å². The molecule has 0 bridgehead atoms. The zero-order valence-corrected chi connectivity index (χ0v) is 7.14. The fourth-order valence-electron chi connectivity index (χ4n) is 1.63. The number of rotatable bonds is 1. The molecular weight excluding hydrogens is 138 g/mol. The molecule has 0 aromatic carbocycles. The van der Waals surface area contributed by atoms with Crippen molar-refractivity contribution in [1.29, 1.82) is 5.41 Å². The van der Waals surface area contributed by atoms with Crippen LogP contribution in [0.5, 0.6) is 0 Å². The number of nitrogens with zero attached hydrogens (tertiary/aromatic N) is 1. The van der Waals surface area contributed by atoms with E-state index in [2.05, 4.69) is 0 Å². The van der Waals surface area contributed by atoms with E-state index in [4.69, 9.17) is 11.3 Å². The topological polar surface area (TPSA) is 53.1 Å². The van der Waals surface area contributed by atoms with Crippen LogP contribution in [0.1, 0.15) is 39.0 Å². The van der Waals surface area contributed by atoms with Crippen molar-refractivity contribution < 1.29 is 0 Å². The molecule has 1 rings (SSSR count). The summed E-state index contributed by atoms with van der Waals surface area (Å²) in [5, 5.41) is 8.95. The molecule has 0 saturated heterocycles. The van der Waals surface area contributed by atoms with E-state index in [1.807, 2.05) is 0 Å². The molecule has 0 aliphatic heterocycles. The first-order chi connectivity index (χ1) is 5.22. The average Bonchev–Trinajstić information content (AvgIpc) is 2.05. The summed E-state index contributed by atoms with van der Waals surface area (Å²) in [6.07, 6.45) is 6.19. The van der Waals surface area contributed by atoms with Gasteiger partial charge in [0.2, 0.25) is 0 Å². The molecule has 0 radical (unpaired) electrons. The van der Waals surface area contributed by atoms with Crippen LogP contribution in [0, 0.1) is 5.41 Å². The van der Waals surface area contributed by atoms with Gasteiger partial charge in [-0.05, 0) is 19.8 Å². The fraction of sp³-hybridized carbons (Fsp3) is 0.875. The van der Waals surface area contributed by atoms with Crippen LogP contribution >= 0.6 is 0 Å². The Bertz CT molecular complexity index is 138. The molecule has 0 atom stereocenters. The third kappa shape index (κ3) is 2.19. The summed E-state index contributed by atoms with van der Waals surface area (Å²) in [5.41, 5.74) is 0. The van der Waals surface area contributed by atoms with E-state index in [9.17, 15) is 0 Å². The van der Waals surface area contributed by atoms with Gasteiger partial charge in [-0.2, -0.15) is 0 Å². The number of hydrogen-bond donors (Lipinski definition) is 2. The number of hydrazine groups is 1. The lowest BCUT2D eigenvalue weighted by Crippen LogP contribution is -2.44. The van der Waals surface area contributed by atoms with Crippen LogP contribution in [-0.4, -0.2) is 16.9 Å². The van der Waals surface area contributed by atoms with Crippen LogP contribution in [0.25, 0.3) is 0 Å². The lowest BCUT2D eigenvalue weighted by atomic mass is 9.95. The van der Waals surface area contributed by atoms with Gasteiger partial charge < -0.3 is 0 Å². The van der Waals surface area contributed by atoms with E-state index in [-0.39, 0.29) is 0 Å². The van der Waals surface area contributed by atoms with Crippen molar-refractivity contribution >= 4 is 5.84 Å². The number of hydrogen-bond acceptors (Lipinski definition) is 2. The fourth-order valence-corrected chi connectivity index (χ4v) is 1.63. The number of amidine groups is 1. The Hall–Kier alpha value is -0.570. The largest absolute Gasteiger partial charge is 0.296 e. The highest BCUT2D eigenvalue weighted by molar-refractivity contribution is 5.75. The van der Waals surface area contributed by atoms with Crippen molar-refractivity contribution in [2.45, 2.75) is 45.1 Å². The predicted molar refractivity (Wildman–Crippen MR) is 46.3 cm³/mol. The first-order valence-electron chi connectivity index (χ1n) is 4.31. The summed E-state index contributed by atoms with van der Waals surface area (Å²) in [4.78, 5) is 0. The van der Waals surface area contributed by atoms with Crippen LogP contribution in [0.3, 0.4) is 0 Å². The molecule has 1 aliphatic carbocycles. The van der Waals surface area contributed by atoms with Gasteiger partial charge in [0, 0.05) is 6.04 Å². The van der Waals surface area contributed by atoms with Crippen molar-refractivity contribution in [3.8, 4) is 0 Å². The van der Waals surface area contributed by atoms with E-state index in [0.29, 0.717) is 11.9 Å². The molecular formula is C8H17N3. The third-order valence-electron chi connectivity index (χ3n) is 2.36. The normalized spacial score (nSPS) is 19.8. The maximum Gasteiger partial charge on any atom is 0.107 e. The summed E-state index contributed by atoms with van der Waals surface area (Å²) < 4.78 is 0. The van der Waals surface area contributed by atoms with Gasteiger partial charge in [-0.15, -0.1) is 0 Å². The SMILES string of the molecule is CC(=N)N(N)C1CCCCC1. The van der Waals surface area contributed by atoms with Gasteiger partial charge in [0.1, 0.15) is 5.84 Å². The first kappa shape index (κ1) is 8.53. The van der Waals surface area contributed by atoms with E-state index in [1.165, 1.54) is 19.3 Å². The molecule has 11 heavy (non-hydrogen) atoms. The molecule has 3 heteroatoms. The Labute approximate surface area is 68.0 Å². The van der Waals surface area contributed by atoms with Gasteiger partial charge in [0.15, 0.2) is 0 Å². The van der Waals surface area contributed by atoms with Crippen molar-refractivity contribution in [2.24, 2.45) is 5.84 Å². The number of nitrogens with one attached hydrogen (secondary N) is 1. The standard InChI is InChI=1S/C8H17N3/c1-7(9)11(10)8-5-3-2-4-6-8/h8-9H,2-6,10H2,1H3. The Balaban J connectivity index is 2.38. The molecule has 0 aromatic heterocycles. The zero-order chi connectivity index (χ0) is 8.27. The molecule has 0 aromatic rings. The lowest BCUT2D eigenvalue weighted by Gasteiger charge is -2.30. The Kier molecular flexibility index (Phi) is 2.88. The molecule has 64 valence electrons. The second-order valence-corrected chi connectivity index (χ2v) is 3.28. The van der Waals surface area contributed by atoms with E-state index in [0.717, 1.165) is 12.8 Å². The maximum atomic E-state index is 7.34. The summed E-state index contributed by atoms with van der Waals surface area (Å²) in [6, 6.07) is 0.432. The van der Waals surface area contributed by atoms with Crippen LogP contribution in [0.2, 0.25) is 0 Å². The van der Waals surface area contributed by atoms with Crippen molar-refractivity contribution in [2.75, 3.05) is 0 Å². The van der Waals surface area contributed by atoms with Gasteiger partial charge in [-0.3, -0.25) is 10.4 Å². The molecule has 1 aliphatic rings. The quantitative estimate of drug-likeness (QED) is 0.261. The van der Waals surface area contributed by atoms with Crippen LogP contribution in [0.15, 0.2) is 0 Å². The highest BCUT2D eigenvalue weighted by atomic mass is 15.4. The van der Waals surface area contributed by atoms with Crippen molar-refractivity contribution in [3.05, 3.63) is 0 Å². The Morgan fingerprint density at radius 3 is 2.36 bits per heavy atom. The van der Waals surface area contributed by atoms with Crippen LogP contribution < -0.4 is 5.84 Å². The van der Waals surface area contributed by atoms with E-state index in [1.54, 1.807) is 11.9 Å². The molecule has 3 N–H and O–H groups in total. The second kappa shape index (κ2) is 3.72. The van der Waals surface area contributed by atoms with Crippen molar-refractivity contribution in [3.63, 3.8) is 0 Å². The monoisotopic (exact) mass is 155 g/mol. The highest BCUT2D eigenvalue weighted by Crippen LogP contribution is 2.20. The van der Waals surface area contributed by atoms with E-state index < -0.39 is 0 Å². The molecule has 0 spiro atoms. The van der Waals surface area contributed by atoms with Gasteiger partial charge >= 0.3 is 0 Å². The van der Waals surface area contributed by atoms with Gasteiger partial charge in [-0.1, -0.05) is 19.3 Å². The minimum absolute atomic E-state index is 0.432. The molecule has 1 saturated carbocycles. The highest BCUT2D eigenvalue weighted by Gasteiger charge is 2.18. The molecule has 1 fully saturated rings. The maximum absolute atomic E-state index is 7.34. The smallest absolute Gasteiger partial charge is 0.107 e. The predicted octanol–water partition coefficient (Wildman–Crippen LogP) is 1.49. The minimum Gasteiger partial charge on any atom is -0.296 e. The summed E-state index contributed by atoms with van der Waals surface area (Å²) in [7, 11) is 0. The lowest BCUT2D eigenvalue weighted by molar-refractivity contribution is 0.246. The Morgan fingerprint density at radius 1 is 1.36 bits per heavy atom. The molecule has 3 nitrogen and oxygen atoms in total. The summed E-state index contributed by atoms with van der Waals surface area (Å²) >= 11 is 0. The molecule has 0 heterocycles. The van der Waals surface area contributed by atoms with Crippen molar-refractivity contribution in [1.82, 2.24) is 5.01 Å². The van der Waals surface area contributed by atoms with Gasteiger partial charge in [-0.25, -0.2) is 5.84 Å². The molecule has 0 amide bonds. The molecule has 0 unspecified atom stereocenters. The van der Waals surface area contributed by atoms with Crippen LogP contribution in [0.4, 0.5) is 0 Å². The number of nitrogens with two attached hydrogens (primary N) is 1. The zero-order valence-electron chi connectivity index (χ0n) is 7.14. The first-order valence-corrected chi connectivity index (χ1v) is 4.31. The van der Waals surface area contributed by atoms with Gasteiger partial charge in [0.05, 0.1) is 0 Å². The summed E-state index contributed by atoms with van der Waals surface area (Å²) in [5.74, 6) is 6.18. The minimum atomic E-state index is 0.432. The third-order valence-corrected chi connectivity index (χ3v) is 2.36. The van der Waals surface area contributed by atoms with Crippen LogP contribution in [-0.2, 0) is 0 Å². The average molecular weight is 155 g/mol. The Morgan fingerprint density at radius 2 is 1.91 bits per heavy atom.